The largest absolute Gasteiger partial charge is 1.00 e. The molecule has 0 heterocycles. The van der Waals surface area contributed by atoms with E-state index in [2.05, 4.69) is 15.2 Å². The predicted molar refractivity (Wildman–Crippen MR) is 160 cm³/mol. The summed E-state index contributed by atoms with van der Waals surface area (Å²) in [6.45, 7) is -0.283. The van der Waals surface area contributed by atoms with Crippen molar-refractivity contribution < 1.29 is 120 Å². The summed E-state index contributed by atoms with van der Waals surface area (Å²) < 4.78 is 33.0. The number of aliphatic carboxylic acids is 1. The molecule has 0 saturated carbocycles. The van der Waals surface area contributed by atoms with Crippen molar-refractivity contribution in [2.75, 3.05) is 6.54 Å². The fraction of sp³-hybridized carbons (Fsp3) is 0.0345. The van der Waals surface area contributed by atoms with E-state index in [1.807, 2.05) is 0 Å². The van der Waals surface area contributed by atoms with E-state index in [0.29, 0.717) is 10.9 Å². The first-order valence-corrected chi connectivity index (χ1v) is 13.8. The van der Waals surface area contributed by atoms with Crippen LogP contribution in [0.2, 0.25) is 0 Å². The molecule has 0 aliphatic rings. The number of nitro groups is 1. The summed E-state index contributed by atoms with van der Waals surface area (Å²) in [5.74, 6) is -1.70. The molecule has 0 aromatic heterocycles. The quantitative estimate of drug-likeness (QED) is 0.0374. The molecule has 0 unspecified atom stereocenters. The first kappa shape index (κ1) is 41.6. The van der Waals surface area contributed by atoms with Crippen LogP contribution >= 0.6 is 0 Å². The molecule has 0 spiro atoms. The number of carbonyl (C=O) groups is 1. The van der Waals surface area contributed by atoms with Crippen LogP contribution in [-0.2, 0) is 32.3 Å². The molecule has 5 aromatic carbocycles. The Morgan fingerprint density at radius 1 is 0.787 bits per heavy atom. The van der Waals surface area contributed by atoms with Gasteiger partial charge in [-0.2, -0.15) is 8.42 Å². The van der Waals surface area contributed by atoms with Crippen molar-refractivity contribution in [3.8, 4) is 17.2 Å². The number of carboxylic acids is 1. The molecule has 0 atom stereocenters. The van der Waals surface area contributed by atoms with E-state index in [-0.39, 0.29) is 117 Å². The second kappa shape index (κ2) is 18.2. The van der Waals surface area contributed by atoms with Gasteiger partial charge in [-0.25, -0.2) is 0 Å². The molecule has 14 nitrogen and oxygen atoms in total. The van der Waals surface area contributed by atoms with Crippen molar-refractivity contribution in [1.29, 1.82) is 0 Å². The number of azo groups is 1. The molecule has 5 N–H and O–H groups in total. The Labute approximate surface area is 322 Å². The number of aliphatic imine (C=N–C) groups is 1. The van der Waals surface area contributed by atoms with Crippen LogP contribution in [-0.4, -0.2) is 57.0 Å². The molecular weight excluding hydrogens is 694 g/mol. The van der Waals surface area contributed by atoms with Crippen LogP contribution in [0.15, 0.2) is 105 Å². The van der Waals surface area contributed by atoms with Gasteiger partial charge in [-0.1, -0.05) is 42.5 Å². The summed E-state index contributed by atoms with van der Waals surface area (Å²) in [7, 11) is -4.81. The monoisotopic (exact) mass is 716 g/mol. The smallest absolute Gasteiger partial charge is 0.507 e. The molecule has 0 aliphatic heterocycles. The molecule has 0 aliphatic carbocycles. The standard InChI is InChI=1S/C20H13N3O7S.C9H9NO3.Cr.2Na/c24-16-8-5-11-3-1-2-4-13(11)19(16)21-22-20-14-7-6-12(23(26)27)9-15(14)18(10-17(20)25)31(28,29)30;11-8-4-2-1-3-7(8)5-10-6-9(12)13;;;/h1-10,24-25H,(H,28,29,30);1-5,11H,6H2,(H,12,13);;;/q;;;2*+1. The van der Waals surface area contributed by atoms with Gasteiger partial charge in [0.15, 0.2) is 0 Å². The minimum Gasteiger partial charge on any atom is -0.507 e. The minimum atomic E-state index is -4.81. The average Bonchev–Trinajstić information content (AvgIpc) is 2.97. The number of benzene rings is 5. The normalized spacial score (nSPS) is 10.8. The molecule has 0 fully saturated rings. The topological polar surface area (TPSA) is 233 Å². The van der Waals surface area contributed by atoms with Gasteiger partial charge >= 0.3 is 65.1 Å². The summed E-state index contributed by atoms with van der Waals surface area (Å²) in [6.07, 6.45) is 1.34. The molecule has 5 rings (SSSR count). The van der Waals surface area contributed by atoms with Crippen molar-refractivity contribution in [2.24, 2.45) is 15.2 Å². The van der Waals surface area contributed by atoms with Crippen LogP contribution in [0.25, 0.3) is 21.5 Å². The number of carboxylic acid groups (broad SMARTS) is 1. The number of rotatable bonds is 7. The summed E-state index contributed by atoms with van der Waals surface area (Å²) in [4.78, 5) is 23.4. The first-order chi connectivity index (χ1) is 20.9. The Balaban J connectivity index is 0.000000589. The summed E-state index contributed by atoms with van der Waals surface area (Å²) >= 11 is 0. The van der Waals surface area contributed by atoms with Gasteiger partial charge in [-0.15, -0.1) is 10.2 Å². The van der Waals surface area contributed by atoms with Crippen LogP contribution in [0.5, 0.6) is 17.2 Å². The van der Waals surface area contributed by atoms with Crippen LogP contribution in [0.4, 0.5) is 17.1 Å². The Kier molecular flexibility index (Phi) is 16.1. The molecule has 5 aromatic rings. The van der Waals surface area contributed by atoms with Gasteiger partial charge in [0.1, 0.15) is 40.1 Å². The molecular formula is C29H22CrN4Na2O10S+2. The van der Waals surface area contributed by atoms with E-state index < -0.39 is 37.3 Å². The van der Waals surface area contributed by atoms with Crippen molar-refractivity contribution in [2.45, 2.75) is 4.90 Å². The minimum absolute atomic E-state index is 0. The number of phenolic OH excluding ortho intramolecular Hbond substituents is 3. The molecule has 18 heteroatoms. The molecule has 0 amide bonds. The number of fused-ring (bicyclic) bond motifs is 2. The predicted octanol–water partition coefficient (Wildman–Crippen LogP) is -0.124. The fourth-order valence-corrected chi connectivity index (χ4v) is 4.76. The van der Waals surface area contributed by atoms with Crippen molar-refractivity contribution in [1.82, 2.24) is 0 Å². The molecule has 47 heavy (non-hydrogen) atoms. The number of hydrogen-bond donors (Lipinski definition) is 5. The van der Waals surface area contributed by atoms with E-state index in [4.69, 9.17) is 5.11 Å². The van der Waals surface area contributed by atoms with Crippen LogP contribution in [0, 0.1) is 10.1 Å². The van der Waals surface area contributed by atoms with Gasteiger partial charge in [0.25, 0.3) is 15.8 Å². The first-order valence-electron chi connectivity index (χ1n) is 12.4. The average molecular weight is 717 g/mol. The summed E-state index contributed by atoms with van der Waals surface area (Å²) in [5, 5.41) is 58.4. The van der Waals surface area contributed by atoms with Gasteiger partial charge < -0.3 is 20.4 Å². The third-order valence-electron chi connectivity index (χ3n) is 6.05. The van der Waals surface area contributed by atoms with E-state index in [0.717, 1.165) is 23.6 Å². The van der Waals surface area contributed by atoms with Crippen LogP contribution < -0.4 is 59.1 Å². The molecule has 0 radical (unpaired) electrons. The van der Waals surface area contributed by atoms with Gasteiger partial charge in [0, 0.05) is 63.5 Å². The maximum Gasteiger partial charge on any atom is 1.00 e. The molecule has 0 saturated heterocycles. The Morgan fingerprint density at radius 3 is 2.02 bits per heavy atom. The Morgan fingerprint density at radius 2 is 1.40 bits per heavy atom. The number of nitro benzene ring substituents is 1. The van der Waals surface area contributed by atoms with Crippen molar-refractivity contribution >= 4 is 60.9 Å². The molecule has 0 bridgehead atoms. The SMILES string of the molecule is O=C(O)CN=Cc1ccccc1O.O=[N+]([O-])c1ccc2c(N=Nc3c(O)ccc4ccccc34)c(O)cc(S(=O)(=O)O)c2c1.[Cr].[Na+].[Na+]. The van der Waals surface area contributed by atoms with Crippen molar-refractivity contribution in [3.63, 3.8) is 0 Å². The van der Waals surface area contributed by atoms with Crippen LogP contribution in [0.1, 0.15) is 5.56 Å². The van der Waals surface area contributed by atoms with E-state index in [9.17, 15) is 43.2 Å². The van der Waals surface area contributed by atoms with Crippen molar-refractivity contribution in [3.05, 3.63) is 101 Å². The summed E-state index contributed by atoms with van der Waals surface area (Å²) in [5.41, 5.74) is 0.0254. The van der Waals surface area contributed by atoms with Gasteiger partial charge in [-0.3, -0.25) is 24.5 Å². The van der Waals surface area contributed by atoms with Gasteiger partial charge in [-0.05, 0) is 29.7 Å². The van der Waals surface area contributed by atoms with Gasteiger partial charge in [0.05, 0.1) is 4.92 Å². The number of non-ortho nitro benzene ring substituents is 1. The third-order valence-corrected chi connectivity index (χ3v) is 6.94. The number of hydrogen-bond acceptors (Lipinski definition) is 11. The molecule has 230 valence electrons. The van der Waals surface area contributed by atoms with Crippen LogP contribution in [0.3, 0.4) is 0 Å². The second-order valence-electron chi connectivity index (χ2n) is 8.98. The third kappa shape index (κ3) is 10.5. The zero-order valence-corrected chi connectivity index (χ0v) is 30.8. The second-order valence-corrected chi connectivity index (χ2v) is 10.4. The number of para-hydroxylation sites is 1. The summed E-state index contributed by atoms with van der Waals surface area (Å²) in [6, 6.07) is 20.8. The van der Waals surface area contributed by atoms with E-state index in [1.165, 1.54) is 24.4 Å². The number of nitrogens with zero attached hydrogens (tertiary/aromatic N) is 4. The Bertz CT molecular complexity index is 2100. The number of phenols is 3. The zero-order valence-electron chi connectivity index (χ0n) is 24.8. The zero-order chi connectivity index (χ0) is 32.0. The fourth-order valence-electron chi connectivity index (χ4n) is 4.05. The van der Waals surface area contributed by atoms with Gasteiger partial charge in [0.2, 0.25) is 0 Å². The Hall–Kier alpha value is -3.40. The van der Waals surface area contributed by atoms with E-state index >= 15 is 0 Å². The maximum atomic E-state index is 11.7. The maximum absolute atomic E-state index is 11.7. The number of aromatic hydroxyl groups is 3. The van der Waals surface area contributed by atoms with E-state index in [1.54, 1.807) is 48.5 Å².